The molecule has 0 spiro atoms. The van der Waals surface area contributed by atoms with Crippen LogP contribution in [0.5, 0.6) is 0 Å². The summed E-state index contributed by atoms with van der Waals surface area (Å²) < 4.78 is 0. The lowest BCUT2D eigenvalue weighted by Crippen LogP contribution is -2.06. The Morgan fingerprint density at radius 1 is 1.30 bits per heavy atom. The van der Waals surface area contributed by atoms with E-state index in [1.54, 1.807) is 0 Å². The van der Waals surface area contributed by atoms with E-state index >= 15 is 0 Å². The molecule has 2 unspecified atom stereocenters. The summed E-state index contributed by atoms with van der Waals surface area (Å²) >= 11 is 0. The molecule has 0 saturated heterocycles. The summed E-state index contributed by atoms with van der Waals surface area (Å²) in [4.78, 5) is 0. The topological polar surface area (TPSA) is 60.7 Å². The van der Waals surface area contributed by atoms with E-state index in [4.69, 9.17) is 15.3 Å². The second-order valence-electron chi connectivity index (χ2n) is 1.99. The van der Waals surface area contributed by atoms with E-state index in [0.717, 1.165) is 0 Å². The molecule has 0 saturated carbocycles. The van der Waals surface area contributed by atoms with Gasteiger partial charge in [-0.2, -0.15) is 0 Å². The Morgan fingerprint density at radius 2 is 1.90 bits per heavy atom. The SMILES string of the molecule is CC(O)C#CC(O)CCO. The molecule has 0 rings (SSSR count). The molecule has 0 aromatic rings. The second-order valence-corrected chi connectivity index (χ2v) is 1.99. The largest absolute Gasteiger partial charge is 0.396 e. The molecule has 3 nitrogen and oxygen atoms in total. The average molecular weight is 144 g/mol. The van der Waals surface area contributed by atoms with E-state index in [9.17, 15) is 0 Å². The van der Waals surface area contributed by atoms with Crippen molar-refractivity contribution in [3.63, 3.8) is 0 Å². The molecule has 0 aliphatic heterocycles. The molecule has 0 radical (unpaired) electrons. The van der Waals surface area contributed by atoms with E-state index < -0.39 is 12.2 Å². The van der Waals surface area contributed by atoms with Crippen LogP contribution in [0.2, 0.25) is 0 Å². The quantitative estimate of drug-likeness (QED) is 0.441. The average Bonchev–Trinajstić information content (AvgIpc) is 1.85. The van der Waals surface area contributed by atoms with Crippen molar-refractivity contribution in [2.75, 3.05) is 6.61 Å². The third-order valence-electron chi connectivity index (χ3n) is 0.861. The van der Waals surface area contributed by atoms with Crippen LogP contribution in [0.4, 0.5) is 0 Å². The lowest BCUT2D eigenvalue weighted by Gasteiger charge is -1.97. The lowest BCUT2D eigenvalue weighted by molar-refractivity contribution is 0.176. The number of aliphatic hydroxyl groups excluding tert-OH is 3. The molecule has 0 aliphatic rings. The zero-order valence-electron chi connectivity index (χ0n) is 5.91. The van der Waals surface area contributed by atoms with Crippen molar-refractivity contribution >= 4 is 0 Å². The summed E-state index contributed by atoms with van der Waals surface area (Å²) in [6.07, 6.45) is -1.30. The molecule has 3 heteroatoms. The van der Waals surface area contributed by atoms with Crippen LogP contribution in [0.1, 0.15) is 13.3 Å². The van der Waals surface area contributed by atoms with E-state index in [-0.39, 0.29) is 13.0 Å². The first-order valence-electron chi connectivity index (χ1n) is 3.15. The maximum absolute atomic E-state index is 8.85. The minimum absolute atomic E-state index is 0.0876. The van der Waals surface area contributed by atoms with Crippen LogP contribution in [0.25, 0.3) is 0 Å². The van der Waals surface area contributed by atoms with Gasteiger partial charge in [0.25, 0.3) is 0 Å². The zero-order chi connectivity index (χ0) is 7.98. The highest BCUT2D eigenvalue weighted by Crippen LogP contribution is 1.86. The Balaban J connectivity index is 3.57. The van der Waals surface area contributed by atoms with Gasteiger partial charge in [0.2, 0.25) is 0 Å². The van der Waals surface area contributed by atoms with Crippen LogP contribution in [-0.2, 0) is 0 Å². The molecule has 58 valence electrons. The highest BCUT2D eigenvalue weighted by molar-refractivity contribution is 5.07. The molecular weight excluding hydrogens is 132 g/mol. The molecule has 0 bridgehead atoms. The maximum Gasteiger partial charge on any atom is 0.117 e. The molecule has 0 amide bonds. The van der Waals surface area contributed by atoms with Crippen molar-refractivity contribution in [1.82, 2.24) is 0 Å². The molecule has 0 aliphatic carbocycles. The van der Waals surface area contributed by atoms with Crippen LogP contribution in [0, 0.1) is 11.8 Å². The third kappa shape index (κ3) is 5.57. The fourth-order valence-electron chi connectivity index (χ4n) is 0.411. The summed E-state index contributed by atoms with van der Waals surface area (Å²) in [7, 11) is 0. The normalized spacial score (nSPS) is 15.2. The summed E-state index contributed by atoms with van der Waals surface area (Å²) in [6, 6.07) is 0. The van der Waals surface area contributed by atoms with Gasteiger partial charge < -0.3 is 15.3 Å². The molecule has 0 heterocycles. The highest BCUT2D eigenvalue weighted by atomic mass is 16.3. The molecule has 3 N–H and O–H groups in total. The third-order valence-corrected chi connectivity index (χ3v) is 0.861. The predicted octanol–water partition coefficient (Wildman–Crippen LogP) is -0.886. The van der Waals surface area contributed by atoms with Gasteiger partial charge in [0.15, 0.2) is 0 Å². The Hall–Kier alpha value is -0.560. The van der Waals surface area contributed by atoms with Crippen LogP contribution in [-0.4, -0.2) is 34.1 Å². The van der Waals surface area contributed by atoms with Crippen LogP contribution in [0.3, 0.4) is 0 Å². The Labute approximate surface area is 60.3 Å². The van der Waals surface area contributed by atoms with Gasteiger partial charge in [-0.3, -0.25) is 0 Å². The van der Waals surface area contributed by atoms with Crippen molar-refractivity contribution in [1.29, 1.82) is 0 Å². The second kappa shape index (κ2) is 5.24. The highest BCUT2D eigenvalue weighted by Gasteiger charge is 1.95. The molecule has 0 aromatic heterocycles. The standard InChI is InChI=1S/C7H12O3/c1-6(9)2-3-7(10)4-5-8/h6-10H,4-5H2,1H3. The summed E-state index contributed by atoms with van der Waals surface area (Å²) in [5, 5.41) is 25.8. The Morgan fingerprint density at radius 3 is 2.30 bits per heavy atom. The van der Waals surface area contributed by atoms with E-state index in [2.05, 4.69) is 11.8 Å². The maximum atomic E-state index is 8.85. The number of hydrogen-bond acceptors (Lipinski definition) is 3. The smallest absolute Gasteiger partial charge is 0.117 e. The first-order valence-corrected chi connectivity index (χ1v) is 3.15. The van der Waals surface area contributed by atoms with Crippen LogP contribution >= 0.6 is 0 Å². The fourth-order valence-corrected chi connectivity index (χ4v) is 0.411. The van der Waals surface area contributed by atoms with Gasteiger partial charge in [0.1, 0.15) is 12.2 Å². The fraction of sp³-hybridized carbons (Fsp3) is 0.714. The predicted molar refractivity (Wildman–Crippen MR) is 37.2 cm³/mol. The Bertz CT molecular complexity index is 132. The summed E-state index contributed by atoms with van der Waals surface area (Å²) in [5.41, 5.74) is 0. The minimum atomic E-state index is -0.820. The van der Waals surface area contributed by atoms with E-state index in [1.165, 1.54) is 6.92 Å². The zero-order valence-corrected chi connectivity index (χ0v) is 5.91. The van der Waals surface area contributed by atoms with Gasteiger partial charge >= 0.3 is 0 Å². The van der Waals surface area contributed by atoms with Gasteiger partial charge in [-0.1, -0.05) is 11.8 Å². The lowest BCUT2D eigenvalue weighted by atomic mass is 10.2. The van der Waals surface area contributed by atoms with E-state index in [1.807, 2.05) is 0 Å². The van der Waals surface area contributed by atoms with Gasteiger partial charge in [-0.25, -0.2) is 0 Å². The minimum Gasteiger partial charge on any atom is -0.396 e. The van der Waals surface area contributed by atoms with Crippen molar-refractivity contribution < 1.29 is 15.3 Å². The van der Waals surface area contributed by atoms with Crippen molar-refractivity contribution in [3.05, 3.63) is 0 Å². The summed E-state index contributed by atoms with van der Waals surface area (Å²) in [5.74, 6) is 4.75. The Kier molecular flexibility index (Phi) is 4.95. The van der Waals surface area contributed by atoms with Gasteiger partial charge in [-0.05, 0) is 6.92 Å². The number of rotatable bonds is 2. The van der Waals surface area contributed by atoms with Crippen molar-refractivity contribution in [2.24, 2.45) is 0 Å². The van der Waals surface area contributed by atoms with Gasteiger partial charge in [0.05, 0.1) is 0 Å². The summed E-state index contributed by atoms with van der Waals surface area (Å²) in [6.45, 7) is 1.42. The molecule has 0 aromatic carbocycles. The van der Waals surface area contributed by atoms with Crippen LogP contribution < -0.4 is 0 Å². The van der Waals surface area contributed by atoms with Crippen molar-refractivity contribution in [3.8, 4) is 11.8 Å². The first-order chi connectivity index (χ1) is 4.66. The monoisotopic (exact) mass is 144 g/mol. The molecule has 0 fully saturated rings. The van der Waals surface area contributed by atoms with Gasteiger partial charge in [0, 0.05) is 13.0 Å². The van der Waals surface area contributed by atoms with Gasteiger partial charge in [-0.15, -0.1) is 0 Å². The molecule has 10 heavy (non-hydrogen) atoms. The molecule has 2 atom stereocenters. The number of aliphatic hydroxyl groups is 3. The molecular formula is C7H12O3. The number of hydrogen-bond donors (Lipinski definition) is 3. The first kappa shape index (κ1) is 9.44. The van der Waals surface area contributed by atoms with E-state index in [0.29, 0.717) is 0 Å². The van der Waals surface area contributed by atoms with Crippen LogP contribution in [0.15, 0.2) is 0 Å². The van der Waals surface area contributed by atoms with Crippen molar-refractivity contribution in [2.45, 2.75) is 25.6 Å².